The lowest BCUT2D eigenvalue weighted by atomic mass is 9.99. The molecule has 0 radical (unpaired) electrons. The van der Waals surface area contributed by atoms with Crippen molar-refractivity contribution in [1.82, 2.24) is 0 Å². The molecule has 1 atom stereocenters. The molecular weight excluding hydrogens is 180 g/mol. The summed E-state index contributed by atoms with van der Waals surface area (Å²) in [7, 11) is 0. The maximum Gasteiger partial charge on any atom is 0.331 e. The van der Waals surface area contributed by atoms with Crippen molar-refractivity contribution in [3.05, 3.63) is 11.6 Å². The zero-order valence-electron chi connectivity index (χ0n) is 8.41. The van der Waals surface area contributed by atoms with Gasteiger partial charge in [0.1, 0.15) is 0 Å². The van der Waals surface area contributed by atoms with Gasteiger partial charge in [-0.3, -0.25) is 0 Å². The molecule has 0 saturated carbocycles. The number of aliphatic carboxylic acids is 1. The van der Waals surface area contributed by atoms with E-state index in [4.69, 9.17) is 5.11 Å². The Morgan fingerprint density at radius 1 is 1.21 bits per heavy atom. The van der Waals surface area contributed by atoms with Crippen LogP contribution in [0.3, 0.4) is 0 Å². The highest BCUT2D eigenvalue weighted by Gasteiger charge is 2.11. The monoisotopic (exact) mass is 198 g/mol. The largest absolute Gasteiger partial charge is 0.478 e. The summed E-state index contributed by atoms with van der Waals surface area (Å²) >= 11 is 0. The molecule has 3 heteroatoms. The van der Waals surface area contributed by atoms with Gasteiger partial charge in [-0.25, -0.2) is 4.79 Å². The van der Waals surface area contributed by atoms with Crippen LogP contribution in [0.5, 0.6) is 0 Å². The van der Waals surface area contributed by atoms with E-state index in [0.29, 0.717) is 18.4 Å². The fourth-order valence-electron chi connectivity index (χ4n) is 1.78. The molecule has 0 amide bonds. The minimum atomic E-state index is -0.885. The Morgan fingerprint density at radius 3 is 2.57 bits per heavy atom. The van der Waals surface area contributed by atoms with E-state index < -0.39 is 12.1 Å². The molecule has 1 rings (SSSR count). The molecule has 0 aliphatic heterocycles. The van der Waals surface area contributed by atoms with E-state index in [0.717, 1.165) is 32.1 Å². The quantitative estimate of drug-likeness (QED) is 0.678. The molecule has 0 spiro atoms. The zero-order valence-corrected chi connectivity index (χ0v) is 8.41. The van der Waals surface area contributed by atoms with Crippen molar-refractivity contribution in [3.63, 3.8) is 0 Å². The summed E-state index contributed by atoms with van der Waals surface area (Å²) in [6.45, 7) is 0. The number of carbonyl (C=O) groups is 1. The maximum absolute atomic E-state index is 10.8. The molecule has 1 aliphatic rings. The molecule has 3 nitrogen and oxygen atoms in total. The molecule has 0 fully saturated rings. The molecule has 0 aromatic carbocycles. The molecule has 1 unspecified atom stereocenters. The van der Waals surface area contributed by atoms with Crippen molar-refractivity contribution in [2.24, 2.45) is 0 Å². The molecular formula is C11H18O3. The van der Waals surface area contributed by atoms with Gasteiger partial charge in [-0.15, -0.1) is 0 Å². The predicted molar refractivity (Wildman–Crippen MR) is 54.0 cm³/mol. The van der Waals surface area contributed by atoms with Gasteiger partial charge in [0.25, 0.3) is 0 Å². The van der Waals surface area contributed by atoms with Gasteiger partial charge in [-0.1, -0.05) is 25.7 Å². The Hall–Kier alpha value is -0.830. The molecule has 0 heterocycles. The summed E-state index contributed by atoms with van der Waals surface area (Å²) < 4.78 is 0. The molecule has 0 aromatic rings. The summed E-state index contributed by atoms with van der Waals surface area (Å²) in [5, 5.41) is 18.4. The van der Waals surface area contributed by atoms with Crippen LogP contribution in [0.15, 0.2) is 11.6 Å². The van der Waals surface area contributed by atoms with Crippen molar-refractivity contribution in [2.45, 2.75) is 51.0 Å². The van der Waals surface area contributed by atoms with Crippen LogP contribution >= 0.6 is 0 Å². The lowest BCUT2D eigenvalue weighted by Crippen LogP contribution is -2.09. The Balaban J connectivity index is 2.61. The van der Waals surface area contributed by atoms with Crippen molar-refractivity contribution in [2.75, 3.05) is 0 Å². The normalized spacial score (nSPS) is 28.9. The number of carboxylic acid groups (broad SMARTS) is 1. The van der Waals surface area contributed by atoms with Crippen LogP contribution in [0, 0.1) is 0 Å². The van der Waals surface area contributed by atoms with Gasteiger partial charge in [0, 0.05) is 5.57 Å². The van der Waals surface area contributed by atoms with E-state index in [1.807, 2.05) is 0 Å². The zero-order chi connectivity index (χ0) is 10.4. The second-order valence-corrected chi connectivity index (χ2v) is 3.87. The van der Waals surface area contributed by atoms with Crippen molar-refractivity contribution < 1.29 is 15.0 Å². The minimum absolute atomic E-state index is 0.374. The van der Waals surface area contributed by atoms with Gasteiger partial charge in [0.05, 0.1) is 6.10 Å². The molecule has 0 bridgehead atoms. The molecule has 0 aromatic heterocycles. The van der Waals surface area contributed by atoms with E-state index in [9.17, 15) is 9.90 Å². The highest BCUT2D eigenvalue weighted by molar-refractivity contribution is 5.86. The summed E-state index contributed by atoms with van der Waals surface area (Å²) in [5.74, 6) is -0.885. The van der Waals surface area contributed by atoms with Crippen LogP contribution in [0.25, 0.3) is 0 Å². The third-order valence-corrected chi connectivity index (χ3v) is 2.61. The lowest BCUT2D eigenvalue weighted by Gasteiger charge is -2.11. The second-order valence-electron chi connectivity index (χ2n) is 3.87. The summed E-state index contributed by atoms with van der Waals surface area (Å²) in [6.07, 6.45) is 7.53. The van der Waals surface area contributed by atoms with Gasteiger partial charge in [-0.2, -0.15) is 0 Å². The minimum Gasteiger partial charge on any atom is -0.478 e. The van der Waals surface area contributed by atoms with Gasteiger partial charge in [0.2, 0.25) is 0 Å². The SMILES string of the molecule is O=C(O)/C1=C\C(O)CCCCCCC1. The average molecular weight is 198 g/mol. The lowest BCUT2D eigenvalue weighted by molar-refractivity contribution is -0.132. The van der Waals surface area contributed by atoms with E-state index in [-0.39, 0.29) is 0 Å². The standard InChI is InChI=1S/C11H18O3/c12-10-7-5-3-1-2-4-6-9(8-10)11(13)14/h8,10,12H,1-7H2,(H,13,14)/b9-8-. The van der Waals surface area contributed by atoms with Gasteiger partial charge in [-0.05, 0) is 25.3 Å². The van der Waals surface area contributed by atoms with E-state index in [1.54, 1.807) is 0 Å². The van der Waals surface area contributed by atoms with Gasteiger partial charge < -0.3 is 10.2 Å². The fraction of sp³-hybridized carbons (Fsp3) is 0.727. The Labute approximate surface area is 84.4 Å². The first-order valence-corrected chi connectivity index (χ1v) is 5.32. The van der Waals surface area contributed by atoms with Crippen molar-refractivity contribution >= 4 is 5.97 Å². The number of aliphatic hydroxyl groups is 1. The molecule has 14 heavy (non-hydrogen) atoms. The molecule has 1 aliphatic carbocycles. The predicted octanol–water partition coefficient (Wildman–Crippen LogP) is 2.10. The molecule has 0 saturated heterocycles. The third-order valence-electron chi connectivity index (χ3n) is 2.61. The summed E-state index contributed by atoms with van der Waals surface area (Å²) in [6, 6.07) is 0. The van der Waals surface area contributed by atoms with E-state index in [2.05, 4.69) is 0 Å². The smallest absolute Gasteiger partial charge is 0.331 e. The fourth-order valence-corrected chi connectivity index (χ4v) is 1.78. The first-order chi connectivity index (χ1) is 6.70. The van der Waals surface area contributed by atoms with E-state index in [1.165, 1.54) is 6.08 Å². The highest BCUT2D eigenvalue weighted by Crippen LogP contribution is 2.17. The number of rotatable bonds is 1. The number of hydrogen-bond donors (Lipinski definition) is 2. The third kappa shape index (κ3) is 3.92. The van der Waals surface area contributed by atoms with Crippen LogP contribution in [-0.2, 0) is 4.79 Å². The van der Waals surface area contributed by atoms with Gasteiger partial charge in [0.15, 0.2) is 0 Å². The molecule has 80 valence electrons. The van der Waals surface area contributed by atoms with Crippen molar-refractivity contribution in [3.8, 4) is 0 Å². The topological polar surface area (TPSA) is 57.5 Å². The van der Waals surface area contributed by atoms with Gasteiger partial charge >= 0.3 is 5.97 Å². The van der Waals surface area contributed by atoms with Crippen LogP contribution in [0.2, 0.25) is 0 Å². The first-order valence-electron chi connectivity index (χ1n) is 5.32. The van der Waals surface area contributed by atoms with Crippen LogP contribution in [-0.4, -0.2) is 22.3 Å². The molecule has 2 N–H and O–H groups in total. The number of carboxylic acids is 1. The van der Waals surface area contributed by atoms with Crippen LogP contribution in [0.1, 0.15) is 44.9 Å². The Morgan fingerprint density at radius 2 is 1.86 bits per heavy atom. The highest BCUT2D eigenvalue weighted by atomic mass is 16.4. The van der Waals surface area contributed by atoms with Crippen molar-refractivity contribution in [1.29, 1.82) is 0 Å². The summed E-state index contributed by atoms with van der Waals surface area (Å²) in [5.41, 5.74) is 0.374. The average Bonchev–Trinajstić information content (AvgIpc) is 2.15. The van der Waals surface area contributed by atoms with E-state index >= 15 is 0 Å². The Bertz CT molecular complexity index is 221. The second kappa shape index (κ2) is 5.81. The number of aliphatic hydroxyl groups excluding tert-OH is 1. The maximum atomic E-state index is 10.8. The first kappa shape index (κ1) is 11.2. The van der Waals surface area contributed by atoms with Crippen LogP contribution in [0.4, 0.5) is 0 Å². The summed E-state index contributed by atoms with van der Waals surface area (Å²) in [4.78, 5) is 10.8. The Kier molecular flexibility index (Phi) is 4.66. The number of hydrogen-bond acceptors (Lipinski definition) is 2. The van der Waals surface area contributed by atoms with Crippen LogP contribution < -0.4 is 0 Å².